The lowest BCUT2D eigenvalue weighted by atomic mass is 10.0. The van der Waals surface area contributed by atoms with Crippen LogP contribution in [0.15, 0.2) is 57.4 Å². The van der Waals surface area contributed by atoms with Crippen molar-refractivity contribution in [2.75, 3.05) is 0 Å². The number of hydrazine groups is 1. The van der Waals surface area contributed by atoms with Crippen molar-refractivity contribution < 1.29 is 8.81 Å². The quantitative estimate of drug-likeness (QED) is 0.551. The number of para-hydroxylation sites is 1. The molecule has 0 fully saturated rings. The molecule has 3 rings (SSSR count). The number of hydrogen-bond acceptors (Lipinski definition) is 3. The van der Waals surface area contributed by atoms with Gasteiger partial charge in [0, 0.05) is 9.86 Å². The Morgan fingerprint density at radius 1 is 1.19 bits per heavy atom. The molecule has 0 aliphatic rings. The Bertz CT molecular complexity index is 755. The summed E-state index contributed by atoms with van der Waals surface area (Å²) in [5, 5.41) is 0.737. The van der Waals surface area contributed by atoms with E-state index in [1.165, 1.54) is 6.07 Å². The van der Waals surface area contributed by atoms with Crippen molar-refractivity contribution in [1.29, 1.82) is 0 Å². The van der Waals surface area contributed by atoms with Crippen LogP contribution in [0.25, 0.3) is 11.0 Å². The molecule has 0 saturated heterocycles. The van der Waals surface area contributed by atoms with Gasteiger partial charge in [0.05, 0.1) is 6.04 Å². The van der Waals surface area contributed by atoms with Crippen LogP contribution >= 0.6 is 15.9 Å². The van der Waals surface area contributed by atoms with Gasteiger partial charge in [-0.3, -0.25) is 5.84 Å². The van der Waals surface area contributed by atoms with E-state index in [0.717, 1.165) is 15.4 Å². The fraction of sp³-hybridized carbons (Fsp3) is 0.125. The third-order valence-corrected chi connectivity index (χ3v) is 3.94. The average Bonchev–Trinajstić information content (AvgIpc) is 2.92. The van der Waals surface area contributed by atoms with Crippen LogP contribution in [0.5, 0.6) is 0 Å². The number of rotatable bonds is 4. The lowest BCUT2D eigenvalue weighted by Gasteiger charge is -2.13. The highest BCUT2D eigenvalue weighted by Gasteiger charge is 2.17. The lowest BCUT2D eigenvalue weighted by Crippen LogP contribution is -2.29. The summed E-state index contributed by atoms with van der Waals surface area (Å²) < 4.78 is 20.3. The van der Waals surface area contributed by atoms with Gasteiger partial charge in [-0.1, -0.05) is 40.2 Å². The smallest absolute Gasteiger partial charge is 0.169 e. The minimum absolute atomic E-state index is 0.210. The van der Waals surface area contributed by atoms with Crippen molar-refractivity contribution in [3.8, 4) is 0 Å². The fourth-order valence-electron chi connectivity index (χ4n) is 2.32. The third kappa shape index (κ3) is 3.00. The summed E-state index contributed by atoms with van der Waals surface area (Å²) in [7, 11) is 0. The number of nitrogens with two attached hydrogens (primary N) is 1. The predicted molar refractivity (Wildman–Crippen MR) is 84.1 cm³/mol. The molecule has 2 aromatic carbocycles. The van der Waals surface area contributed by atoms with Crippen molar-refractivity contribution in [3.63, 3.8) is 0 Å². The highest BCUT2D eigenvalue weighted by atomic mass is 79.9. The maximum atomic E-state index is 13.7. The predicted octanol–water partition coefficient (Wildman–Crippen LogP) is 4.08. The molecule has 108 valence electrons. The maximum Gasteiger partial charge on any atom is 0.169 e. The van der Waals surface area contributed by atoms with Crippen molar-refractivity contribution in [2.24, 2.45) is 5.84 Å². The first kappa shape index (κ1) is 14.3. The van der Waals surface area contributed by atoms with E-state index in [4.69, 9.17) is 10.3 Å². The molecule has 1 aromatic heterocycles. The largest absolute Gasteiger partial charge is 0.456 e. The van der Waals surface area contributed by atoms with Gasteiger partial charge in [-0.05, 0) is 36.2 Å². The molecule has 0 spiro atoms. The van der Waals surface area contributed by atoms with Crippen molar-refractivity contribution in [2.45, 2.75) is 12.5 Å². The molecular weight excluding hydrogens is 335 g/mol. The molecule has 0 aliphatic heterocycles. The van der Waals surface area contributed by atoms with Crippen LogP contribution in [-0.4, -0.2) is 0 Å². The minimum Gasteiger partial charge on any atom is -0.456 e. The van der Waals surface area contributed by atoms with Gasteiger partial charge < -0.3 is 4.42 Å². The van der Waals surface area contributed by atoms with Gasteiger partial charge in [0.25, 0.3) is 0 Å². The van der Waals surface area contributed by atoms with Gasteiger partial charge in [-0.25, -0.2) is 9.82 Å². The lowest BCUT2D eigenvalue weighted by molar-refractivity contribution is 0.427. The summed E-state index contributed by atoms with van der Waals surface area (Å²) in [5.41, 5.74) is 4.11. The first-order valence-electron chi connectivity index (χ1n) is 6.56. The summed E-state index contributed by atoms with van der Waals surface area (Å²) >= 11 is 3.40. The van der Waals surface area contributed by atoms with Crippen molar-refractivity contribution in [3.05, 3.63) is 70.1 Å². The molecule has 0 amide bonds. The second-order valence-corrected chi connectivity index (χ2v) is 5.77. The normalized spacial score (nSPS) is 12.7. The van der Waals surface area contributed by atoms with Crippen LogP contribution < -0.4 is 11.3 Å². The number of benzene rings is 2. The zero-order valence-electron chi connectivity index (χ0n) is 11.1. The molecule has 1 unspecified atom stereocenters. The molecule has 3 N–H and O–H groups in total. The number of nitrogens with one attached hydrogen (secondary N) is 1. The minimum atomic E-state index is -0.363. The van der Waals surface area contributed by atoms with Crippen molar-refractivity contribution >= 4 is 26.9 Å². The van der Waals surface area contributed by atoms with E-state index in [2.05, 4.69) is 21.4 Å². The molecule has 0 bridgehead atoms. The zero-order valence-corrected chi connectivity index (χ0v) is 12.7. The van der Waals surface area contributed by atoms with Crippen molar-refractivity contribution in [1.82, 2.24) is 5.43 Å². The average molecular weight is 349 g/mol. The van der Waals surface area contributed by atoms with Crippen LogP contribution in [-0.2, 0) is 6.42 Å². The molecule has 5 heteroatoms. The Hall–Kier alpha value is -1.69. The summed E-state index contributed by atoms with van der Waals surface area (Å²) in [6.07, 6.45) is 0.658. The molecule has 0 aliphatic carbocycles. The molecule has 0 radical (unpaired) electrons. The number of furan rings is 1. The molecular formula is C16H14BrFN2O. The summed E-state index contributed by atoms with van der Waals surface area (Å²) in [4.78, 5) is 0. The van der Waals surface area contributed by atoms with E-state index >= 15 is 0 Å². The Morgan fingerprint density at radius 3 is 2.62 bits per heavy atom. The van der Waals surface area contributed by atoms with Gasteiger partial charge in [0.1, 0.15) is 5.76 Å². The van der Waals surface area contributed by atoms with Crippen LogP contribution in [0.3, 0.4) is 0 Å². The van der Waals surface area contributed by atoms with Crippen LogP contribution in [0, 0.1) is 5.82 Å². The maximum absolute atomic E-state index is 13.7. The fourth-order valence-corrected chi connectivity index (χ4v) is 2.58. The Morgan fingerprint density at radius 2 is 1.95 bits per heavy atom. The molecule has 1 heterocycles. The highest BCUT2D eigenvalue weighted by molar-refractivity contribution is 9.10. The Balaban J connectivity index is 1.90. The van der Waals surface area contributed by atoms with Crippen LogP contribution in [0.1, 0.15) is 17.4 Å². The number of hydrogen-bond donors (Lipinski definition) is 2. The SMILES string of the molecule is NNC(Cc1ccc(Br)cc1)c1cc2cccc(F)c2o1. The first-order chi connectivity index (χ1) is 10.2. The Kier molecular flexibility index (Phi) is 4.05. The zero-order chi connectivity index (χ0) is 14.8. The van der Waals surface area contributed by atoms with Crippen LogP contribution in [0.4, 0.5) is 4.39 Å². The monoisotopic (exact) mass is 348 g/mol. The van der Waals surface area contributed by atoms with E-state index in [1.807, 2.05) is 36.4 Å². The van der Waals surface area contributed by atoms with Gasteiger partial charge >= 0.3 is 0 Å². The molecule has 0 saturated carbocycles. The van der Waals surface area contributed by atoms with Gasteiger partial charge in [-0.2, -0.15) is 0 Å². The molecule has 3 aromatic rings. The standard InChI is InChI=1S/C16H14BrFN2O/c17-12-6-4-10(5-7-12)8-14(20-19)15-9-11-2-1-3-13(18)16(11)21-15/h1-7,9,14,20H,8,19H2. The van der Waals surface area contributed by atoms with Gasteiger partial charge in [0.15, 0.2) is 11.4 Å². The summed E-state index contributed by atoms with van der Waals surface area (Å²) in [6.45, 7) is 0. The van der Waals surface area contributed by atoms with Crippen LogP contribution in [0.2, 0.25) is 0 Å². The van der Waals surface area contributed by atoms with Gasteiger partial charge in [-0.15, -0.1) is 0 Å². The Labute approximate surface area is 130 Å². The molecule has 21 heavy (non-hydrogen) atoms. The first-order valence-corrected chi connectivity index (χ1v) is 7.35. The topological polar surface area (TPSA) is 51.2 Å². The van der Waals surface area contributed by atoms with E-state index < -0.39 is 0 Å². The number of fused-ring (bicyclic) bond motifs is 1. The van der Waals surface area contributed by atoms with E-state index in [9.17, 15) is 4.39 Å². The van der Waals surface area contributed by atoms with E-state index in [1.54, 1.807) is 6.07 Å². The third-order valence-electron chi connectivity index (χ3n) is 3.41. The second-order valence-electron chi connectivity index (χ2n) is 4.86. The van der Waals surface area contributed by atoms with E-state index in [-0.39, 0.29) is 17.4 Å². The second kappa shape index (κ2) is 5.97. The highest BCUT2D eigenvalue weighted by Crippen LogP contribution is 2.27. The molecule has 3 nitrogen and oxygen atoms in total. The van der Waals surface area contributed by atoms with Gasteiger partial charge in [0.2, 0.25) is 0 Å². The number of halogens is 2. The van der Waals surface area contributed by atoms with E-state index in [0.29, 0.717) is 12.2 Å². The summed E-state index contributed by atoms with van der Waals surface area (Å²) in [6, 6.07) is 14.4. The summed E-state index contributed by atoms with van der Waals surface area (Å²) in [5.74, 6) is 5.89. The molecule has 1 atom stereocenters.